The SMILES string of the molecule is Cc1ccc(NC(=O)c2cc(S(=O)(=O)N3CCCCC3C)ccc2C)cc1NS(C)(=O)=O. The van der Waals surface area contributed by atoms with Crippen LogP contribution in [-0.4, -0.2) is 45.9 Å². The monoisotopic (exact) mass is 479 g/mol. The molecule has 1 fully saturated rings. The number of aryl methyl sites for hydroxylation is 2. The predicted octanol–water partition coefficient (Wildman–Crippen LogP) is 3.49. The second-order valence-corrected chi connectivity index (χ2v) is 11.9. The van der Waals surface area contributed by atoms with Gasteiger partial charge in [-0.2, -0.15) is 4.31 Å². The Morgan fingerprint density at radius 3 is 2.34 bits per heavy atom. The number of hydrogen-bond donors (Lipinski definition) is 2. The first kappa shape index (κ1) is 24.2. The minimum atomic E-state index is -3.71. The van der Waals surface area contributed by atoms with E-state index in [9.17, 15) is 21.6 Å². The van der Waals surface area contributed by atoms with Gasteiger partial charge in [-0.15, -0.1) is 0 Å². The van der Waals surface area contributed by atoms with Crippen LogP contribution in [0.3, 0.4) is 0 Å². The first-order chi connectivity index (χ1) is 14.9. The highest BCUT2D eigenvalue weighted by Gasteiger charge is 2.31. The van der Waals surface area contributed by atoms with Crippen molar-refractivity contribution in [3.8, 4) is 0 Å². The summed E-state index contributed by atoms with van der Waals surface area (Å²) in [6.45, 7) is 5.86. The van der Waals surface area contributed by atoms with Crippen molar-refractivity contribution in [1.82, 2.24) is 4.31 Å². The molecule has 0 aliphatic carbocycles. The van der Waals surface area contributed by atoms with Crippen LogP contribution in [0.1, 0.15) is 47.7 Å². The molecular formula is C22H29N3O5S2. The number of nitrogens with zero attached hydrogens (tertiary/aromatic N) is 1. The maximum absolute atomic E-state index is 13.2. The van der Waals surface area contributed by atoms with Crippen LogP contribution in [0, 0.1) is 13.8 Å². The lowest BCUT2D eigenvalue weighted by Gasteiger charge is -2.32. The summed E-state index contributed by atoms with van der Waals surface area (Å²) in [5.41, 5.74) is 2.33. The molecule has 174 valence electrons. The molecule has 10 heteroatoms. The van der Waals surface area contributed by atoms with Crippen LogP contribution in [0.5, 0.6) is 0 Å². The molecule has 1 amide bonds. The lowest BCUT2D eigenvalue weighted by molar-refractivity contribution is 0.102. The minimum absolute atomic E-state index is 0.0827. The highest BCUT2D eigenvalue weighted by molar-refractivity contribution is 7.92. The van der Waals surface area contributed by atoms with Gasteiger partial charge in [-0.1, -0.05) is 18.6 Å². The smallest absolute Gasteiger partial charge is 0.255 e. The molecule has 8 nitrogen and oxygen atoms in total. The Bertz CT molecular complexity index is 1240. The Balaban J connectivity index is 1.89. The molecule has 1 heterocycles. The van der Waals surface area contributed by atoms with Crippen LogP contribution in [0.2, 0.25) is 0 Å². The van der Waals surface area contributed by atoms with Gasteiger partial charge in [0.15, 0.2) is 0 Å². The van der Waals surface area contributed by atoms with Crippen molar-refractivity contribution in [2.45, 2.75) is 51.0 Å². The second kappa shape index (κ2) is 9.21. The van der Waals surface area contributed by atoms with E-state index in [1.54, 1.807) is 32.0 Å². The Morgan fingerprint density at radius 2 is 1.69 bits per heavy atom. The Morgan fingerprint density at radius 1 is 1.00 bits per heavy atom. The van der Waals surface area contributed by atoms with Gasteiger partial charge in [0, 0.05) is 23.8 Å². The first-order valence-corrected chi connectivity index (χ1v) is 13.7. The van der Waals surface area contributed by atoms with E-state index < -0.39 is 26.0 Å². The number of piperidine rings is 1. The van der Waals surface area contributed by atoms with Crippen molar-refractivity contribution in [2.24, 2.45) is 0 Å². The predicted molar refractivity (Wildman–Crippen MR) is 126 cm³/mol. The van der Waals surface area contributed by atoms with Crippen molar-refractivity contribution in [2.75, 3.05) is 22.8 Å². The molecule has 2 aromatic rings. The van der Waals surface area contributed by atoms with Gasteiger partial charge < -0.3 is 5.32 Å². The summed E-state index contributed by atoms with van der Waals surface area (Å²) in [5.74, 6) is -0.472. The maximum atomic E-state index is 13.2. The van der Waals surface area contributed by atoms with E-state index in [1.165, 1.54) is 22.5 Å². The topological polar surface area (TPSA) is 113 Å². The Hall–Kier alpha value is -2.43. The van der Waals surface area contributed by atoms with Gasteiger partial charge in [-0.3, -0.25) is 9.52 Å². The van der Waals surface area contributed by atoms with E-state index in [4.69, 9.17) is 0 Å². The molecule has 0 spiro atoms. The number of nitrogens with one attached hydrogen (secondary N) is 2. The van der Waals surface area contributed by atoms with Crippen molar-refractivity contribution in [3.05, 3.63) is 53.1 Å². The first-order valence-electron chi connectivity index (χ1n) is 10.4. The average Bonchev–Trinajstić information content (AvgIpc) is 2.69. The summed E-state index contributed by atoms with van der Waals surface area (Å²) in [5, 5.41) is 2.74. The Kier molecular flexibility index (Phi) is 6.97. The highest BCUT2D eigenvalue weighted by atomic mass is 32.2. The summed E-state index contributed by atoms with van der Waals surface area (Å²) in [4.78, 5) is 13.1. The van der Waals surface area contributed by atoms with E-state index in [1.807, 2.05) is 6.92 Å². The number of amides is 1. The van der Waals surface area contributed by atoms with Crippen LogP contribution < -0.4 is 10.0 Å². The molecule has 1 aliphatic rings. The molecule has 0 aromatic heterocycles. The molecule has 3 rings (SSSR count). The normalized spacial score (nSPS) is 17.7. The quantitative estimate of drug-likeness (QED) is 0.659. The average molecular weight is 480 g/mol. The summed E-state index contributed by atoms with van der Waals surface area (Å²) in [6.07, 6.45) is 3.69. The zero-order valence-electron chi connectivity index (χ0n) is 18.7. The van der Waals surface area contributed by atoms with Gasteiger partial charge in [-0.05, 0) is 69.0 Å². The standard InChI is InChI=1S/C22H29N3O5S2/c1-15-9-11-19(32(29,30)25-12-6-5-7-17(25)3)14-20(15)22(26)23-18-10-8-16(2)21(13-18)24-31(4,27)28/h8-11,13-14,17,24H,5-7,12H2,1-4H3,(H,23,26). The summed E-state index contributed by atoms with van der Waals surface area (Å²) < 4.78 is 53.5. The lowest BCUT2D eigenvalue weighted by atomic mass is 10.1. The third-order valence-corrected chi connectivity index (χ3v) is 8.19. The molecule has 2 aromatic carbocycles. The molecule has 1 atom stereocenters. The molecular weight excluding hydrogens is 450 g/mol. The molecule has 0 radical (unpaired) electrons. The van der Waals surface area contributed by atoms with Gasteiger partial charge >= 0.3 is 0 Å². The molecule has 2 N–H and O–H groups in total. The third kappa shape index (κ3) is 5.48. The number of anilines is 2. The van der Waals surface area contributed by atoms with Crippen molar-refractivity contribution >= 4 is 37.3 Å². The van der Waals surface area contributed by atoms with E-state index in [0.29, 0.717) is 29.0 Å². The van der Waals surface area contributed by atoms with Crippen LogP contribution in [0.15, 0.2) is 41.3 Å². The molecule has 1 unspecified atom stereocenters. The van der Waals surface area contributed by atoms with Crippen molar-refractivity contribution in [1.29, 1.82) is 0 Å². The largest absolute Gasteiger partial charge is 0.322 e. The van der Waals surface area contributed by atoms with Crippen molar-refractivity contribution < 1.29 is 21.6 Å². The van der Waals surface area contributed by atoms with Crippen LogP contribution >= 0.6 is 0 Å². The number of benzene rings is 2. The summed E-state index contributed by atoms with van der Waals surface area (Å²) in [7, 11) is -7.19. The maximum Gasteiger partial charge on any atom is 0.255 e. The number of sulfonamides is 2. The van der Waals surface area contributed by atoms with Gasteiger partial charge in [0.25, 0.3) is 5.91 Å². The number of carbonyl (C=O) groups is 1. The zero-order chi connectivity index (χ0) is 23.7. The summed E-state index contributed by atoms with van der Waals surface area (Å²) >= 11 is 0. The van der Waals surface area contributed by atoms with Crippen LogP contribution in [0.4, 0.5) is 11.4 Å². The molecule has 0 bridgehead atoms. The van der Waals surface area contributed by atoms with E-state index >= 15 is 0 Å². The number of rotatable bonds is 6. The van der Waals surface area contributed by atoms with Crippen LogP contribution in [0.25, 0.3) is 0 Å². The molecule has 0 saturated carbocycles. The molecule has 32 heavy (non-hydrogen) atoms. The van der Waals surface area contributed by atoms with E-state index in [2.05, 4.69) is 10.0 Å². The fraction of sp³-hybridized carbons (Fsp3) is 0.409. The Labute approximate surface area is 190 Å². The van der Waals surface area contributed by atoms with Crippen molar-refractivity contribution in [3.63, 3.8) is 0 Å². The van der Waals surface area contributed by atoms with Gasteiger partial charge in [0.05, 0.1) is 16.8 Å². The van der Waals surface area contributed by atoms with Gasteiger partial charge in [0.2, 0.25) is 20.0 Å². The fourth-order valence-corrected chi connectivity index (χ4v) is 6.12. The third-order valence-electron chi connectivity index (χ3n) is 5.59. The van der Waals surface area contributed by atoms with Gasteiger partial charge in [-0.25, -0.2) is 16.8 Å². The zero-order valence-corrected chi connectivity index (χ0v) is 20.3. The molecule has 1 aliphatic heterocycles. The summed E-state index contributed by atoms with van der Waals surface area (Å²) in [6, 6.07) is 9.36. The number of carbonyl (C=O) groups excluding carboxylic acids is 1. The second-order valence-electron chi connectivity index (χ2n) is 8.30. The van der Waals surface area contributed by atoms with Crippen LogP contribution in [-0.2, 0) is 20.0 Å². The minimum Gasteiger partial charge on any atom is -0.322 e. The van der Waals surface area contributed by atoms with Gasteiger partial charge in [0.1, 0.15) is 0 Å². The van der Waals surface area contributed by atoms with E-state index in [0.717, 1.165) is 25.5 Å². The van der Waals surface area contributed by atoms with E-state index in [-0.39, 0.29) is 16.5 Å². The highest BCUT2D eigenvalue weighted by Crippen LogP contribution is 2.27. The fourth-order valence-electron chi connectivity index (χ4n) is 3.78. The lowest BCUT2D eigenvalue weighted by Crippen LogP contribution is -2.42. The number of hydrogen-bond acceptors (Lipinski definition) is 5. The molecule has 1 saturated heterocycles.